The molecule has 0 aliphatic carbocycles. The number of rotatable bonds is 7. The number of hydrogen-bond acceptors (Lipinski definition) is 10. The van der Waals surface area contributed by atoms with Gasteiger partial charge in [-0.2, -0.15) is 13.9 Å². The van der Waals surface area contributed by atoms with Crippen molar-refractivity contribution >= 4 is 33.7 Å². The molecule has 11 nitrogen and oxygen atoms in total. The van der Waals surface area contributed by atoms with Crippen molar-refractivity contribution in [3.8, 4) is 17.4 Å². The molecule has 0 radical (unpaired) electrons. The molecule has 3 aromatic heterocycles. The summed E-state index contributed by atoms with van der Waals surface area (Å²) in [6, 6.07) is 11.2. The minimum absolute atomic E-state index is 0.116. The van der Waals surface area contributed by atoms with E-state index in [1.54, 1.807) is 22.7 Å². The fraction of sp³-hybridized carbons (Fsp3) is 0.296. The lowest BCUT2D eigenvalue weighted by molar-refractivity contribution is -0.0496. The number of aryl methyl sites for hydroxylation is 1. The molecule has 0 saturated carbocycles. The topological polar surface area (TPSA) is 106 Å². The monoisotopic (exact) mass is 545 g/mol. The summed E-state index contributed by atoms with van der Waals surface area (Å²) in [5, 5.41) is 8.05. The number of hydrogen-bond donors (Lipinski definition) is 1. The zero-order valence-corrected chi connectivity index (χ0v) is 21.7. The Bertz CT molecular complexity index is 1730. The number of anilines is 3. The van der Waals surface area contributed by atoms with Gasteiger partial charge in [0.2, 0.25) is 5.88 Å². The van der Waals surface area contributed by atoms with Crippen molar-refractivity contribution in [2.24, 2.45) is 0 Å². The summed E-state index contributed by atoms with van der Waals surface area (Å²) in [7, 11) is 2.09. The quantitative estimate of drug-likeness (QED) is 0.316. The van der Waals surface area contributed by atoms with Crippen LogP contribution in [0, 0.1) is 6.92 Å². The molecule has 13 heteroatoms. The van der Waals surface area contributed by atoms with Gasteiger partial charge in [-0.05, 0) is 56.3 Å². The van der Waals surface area contributed by atoms with Crippen molar-refractivity contribution in [1.29, 1.82) is 0 Å². The Kier molecular flexibility index (Phi) is 5.81. The second-order valence-corrected chi connectivity index (χ2v) is 9.96. The summed E-state index contributed by atoms with van der Waals surface area (Å²) in [5.41, 5.74) is 3.45. The van der Waals surface area contributed by atoms with Crippen LogP contribution >= 0.6 is 0 Å². The fourth-order valence-electron chi connectivity index (χ4n) is 5.61. The lowest BCUT2D eigenvalue weighted by Gasteiger charge is -2.48. The molecule has 2 saturated heterocycles. The van der Waals surface area contributed by atoms with Gasteiger partial charge in [-0.3, -0.25) is 4.90 Å². The Morgan fingerprint density at radius 3 is 2.70 bits per heavy atom. The highest BCUT2D eigenvalue weighted by atomic mass is 19.3. The lowest BCUT2D eigenvalue weighted by atomic mass is 9.94. The largest absolute Gasteiger partial charge is 0.439 e. The third-order valence-electron chi connectivity index (χ3n) is 7.61. The molecule has 7 rings (SSSR count). The molecule has 0 bridgehead atoms. The van der Waals surface area contributed by atoms with Crippen LogP contribution in [0.1, 0.15) is 12.0 Å². The zero-order chi connectivity index (χ0) is 27.4. The van der Waals surface area contributed by atoms with E-state index in [9.17, 15) is 8.78 Å². The number of aromatic nitrogens is 6. The number of benzene rings is 2. The Morgan fingerprint density at radius 2 is 1.88 bits per heavy atom. The van der Waals surface area contributed by atoms with E-state index in [0.29, 0.717) is 52.3 Å². The van der Waals surface area contributed by atoms with Crippen LogP contribution < -0.4 is 19.7 Å². The number of halogens is 2. The molecule has 204 valence electrons. The molecule has 1 N–H and O–H groups in total. The van der Waals surface area contributed by atoms with Crippen LogP contribution in [0.3, 0.4) is 0 Å². The highest BCUT2D eigenvalue weighted by Gasteiger charge is 2.47. The molecule has 2 aliphatic heterocycles. The van der Waals surface area contributed by atoms with Crippen molar-refractivity contribution in [2.45, 2.75) is 32.0 Å². The van der Waals surface area contributed by atoms with Gasteiger partial charge in [0.05, 0.1) is 16.6 Å². The van der Waals surface area contributed by atoms with Gasteiger partial charge >= 0.3 is 6.61 Å². The van der Waals surface area contributed by atoms with Crippen LogP contribution in [0.2, 0.25) is 0 Å². The molecule has 2 aromatic carbocycles. The van der Waals surface area contributed by atoms with Gasteiger partial charge < -0.3 is 19.7 Å². The summed E-state index contributed by atoms with van der Waals surface area (Å²) in [6.45, 7) is 0.647. The first kappa shape index (κ1) is 24.4. The molecular formula is C27H25F2N9O2. The van der Waals surface area contributed by atoms with Gasteiger partial charge in [0.25, 0.3) is 0 Å². The third-order valence-corrected chi connectivity index (χ3v) is 7.61. The SMILES string of the molecule is Cc1cc(Nc2ncnc3ccc(OC(F)F)c(N4C[C@@H]5[C@H]4CCN5C)c23)ccc1Oc1cc2ncnn2cn1. The van der Waals surface area contributed by atoms with E-state index in [1.807, 2.05) is 25.1 Å². The molecule has 0 amide bonds. The van der Waals surface area contributed by atoms with Gasteiger partial charge in [0.15, 0.2) is 5.65 Å². The molecule has 0 spiro atoms. The minimum Gasteiger partial charge on any atom is -0.439 e. The predicted molar refractivity (Wildman–Crippen MR) is 144 cm³/mol. The van der Waals surface area contributed by atoms with Crippen LogP contribution in [-0.2, 0) is 0 Å². The van der Waals surface area contributed by atoms with Crippen LogP contribution in [0.5, 0.6) is 17.4 Å². The maximum absolute atomic E-state index is 13.4. The molecule has 2 fully saturated rings. The van der Waals surface area contributed by atoms with Crippen molar-refractivity contribution in [3.05, 3.63) is 60.9 Å². The first-order chi connectivity index (χ1) is 19.4. The third kappa shape index (κ3) is 4.18. The van der Waals surface area contributed by atoms with Crippen molar-refractivity contribution in [1.82, 2.24) is 34.4 Å². The summed E-state index contributed by atoms with van der Waals surface area (Å²) in [6.07, 6.45) is 5.39. The number of ether oxygens (including phenoxy) is 2. The van der Waals surface area contributed by atoms with Gasteiger partial charge in [-0.15, -0.1) is 0 Å². The van der Waals surface area contributed by atoms with E-state index in [4.69, 9.17) is 9.47 Å². The molecule has 2 atom stereocenters. The first-order valence-corrected chi connectivity index (χ1v) is 12.8. The lowest BCUT2D eigenvalue weighted by Crippen LogP contribution is -2.61. The van der Waals surface area contributed by atoms with Gasteiger partial charge in [0, 0.05) is 36.9 Å². The second kappa shape index (κ2) is 9.52. The smallest absolute Gasteiger partial charge is 0.387 e. The standard InChI is InChI=1S/C27H25F2N9O2/c1-15-9-16(3-5-20(15)39-23-10-22-31-13-34-38(22)14-33-23)35-26-24-17(30-12-32-26)4-6-21(40-27(28)29)25(24)37-11-19-18(37)7-8-36(19)2/h3-6,9-10,12-14,18-19,27H,7-8,11H2,1-2H3,(H,30,32,35)/t18-,19-/m1/s1. The highest BCUT2D eigenvalue weighted by molar-refractivity contribution is 6.04. The minimum atomic E-state index is -2.95. The van der Waals surface area contributed by atoms with E-state index in [0.717, 1.165) is 24.2 Å². The highest BCUT2D eigenvalue weighted by Crippen LogP contribution is 2.46. The van der Waals surface area contributed by atoms with E-state index in [-0.39, 0.29) is 11.8 Å². The van der Waals surface area contributed by atoms with Crippen LogP contribution in [-0.4, -0.2) is 73.3 Å². The van der Waals surface area contributed by atoms with Crippen LogP contribution in [0.25, 0.3) is 16.6 Å². The second-order valence-electron chi connectivity index (χ2n) is 9.96. The summed E-state index contributed by atoms with van der Waals surface area (Å²) in [4.78, 5) is 21.8. The summed E-state index contributed by atoms with van der Waals surface area (Å²) < 4.78 is 39.4. The van der Waals surface area contributed by atoms with Crippen molar-refractivity contribution in [2.75, 3.05) is 30.4 Å². The average molecular weight is 546 g/mol. The maximum Gasteiger partial charge on any atom is 0.387 e. The molecule has 5 heterocycles. The van der Waals surface area contributed by atoms with Crippen LogP contribution in [0.15, 0.2) is 55.4 Å². The predicted octanol–water partition coefficient (Wildman–Crippen LogP) is 4.41. The molecule has 0 unspecified atom stereocenters. The average Bonchev–Trinajstić information content (AvgIpc) is 3.49. The van der Waals surface area contributed by atoms with E-state index >= 15 is 0 Å². The normalized spacial score (nSPS) is 18.8. The Hall–Kier alpha value is -4.65. The van der Waals surface area contributed by atoms with E-state index in [2.05, 4.69) is 47.2 Å². The Labute approximate surface area is 227 Å². The number of nitrogens with zero attached hydrogens (tertiary/aromatic N) is 8. The summed E-state index contributed by atoms with van der Waals surface area (Å²) in [5.74, 6) is 1.64. The fourth-order valence-corrected chi connectivity index (χ4v) is 5.61. The van der Waals surface area contributed by atoms with Gasteiger partial charge in [-0.1, -0.05) is 0 Å². The number of likely N-dealkylation sites (N-methyl/N-ethyl adjacent to an activating group) is 1. The zero-order valence-electron chi connectivity index (χ0n) is 21.7. The molecule has 40 heavy (non-hydrogen) atoms. The number of nitrogens with one attached hydrogen (secondary N) is 1. The van der Waals surface area contributed by atoms with Gasteiger partial charge in [0.1, 0.15) is 36.3 Å². The number of fused-ring (bicyclic) bond motifs is 3. The summed E-state index contributed by atoms with van der Waals surface area (Å²) >= 11 is 0. The maximum atomic E-state index is 13.4. The van der Waals surface area contributed by atoms with Crippen molar-refractivity contribution in [3.63, 3.8) is 0 Å². The first-order valence-electron chi connectivity index (χ1n) is 12.8. The number of alkyl halides is 2. The van der Waals surface area contributed by atoms with Crippen LogP contribution in [0.4, 0.5) is 26.0 Å². The van der Waals surface area contributed by atoms with E-state index in [1.165, 1.54) is 19.0 Å². The molecule has 2 aliphatic rings. The van der Waals surface area contributed by atoms with E-state index < -0.39 is 6.61 Å². The number of likely N-dealkylation sites (tertiary alicyclic amines) is 1. The van der Waals surface area contributed by atoms with Crippen molar-refractivity contribution < 1.29 is 18.3 Å². The Morgan fingerprint density at radius 1 is 1.00 bits per heavy atom. The van der Waals surface area contributed by atoms with Gasteiger partial charge in [-0.25, -0.2) is 24.5 Å². The Balaban J connectivity index is 1.22. The molecule has 5 aromatic rings. The molecular weight excluding hydrogens is 520 g/mol.